The first-order valence-corrected chi connectivity index (χ1v) is 4.94. The first-order valence-electron chi connectivity index (χ1n) is 4.94. The fourth-order valence-corrected chi connectivity index (χ4v) is 1.38. The van der Waals surface area contributed by atoms with Gasteiger partial charge in [0.05, 0.1) is 23.6 Å². The Bertz CT molecular complexity index is 555. The van der Waals surface area contributed by atoms with E-state index in [-0.39, 0.29) is 0 Å². The van der Waals surface area contributed by atoms with Crippen LogP contribution in [-0.2, 0) is 0 Å². The number of amides is 1. The second-order valence-corrected chi connectivity index (χ2v) is 3.42. The van der Waals surface area contributed by atoms with Crippen LogP contribution in [0, 0.1) is 0 Å². The molecule has 2 rings (SSSR count). The van der Waals surface area contributed by atoms with Crippen molar-refractivity contribution in [3.8, 4) is 11.5 Å². The predicted octanol–water partition coefficient (Wildman–Crippen LogP) is 1.55. The van der Waals surface area contributed by atoms with Crippen molar-refractivity contribution in [3.05, 3.63) is 48.3 Å². The SMILES string of the molecule is NC(=O)c1ccccc1Oc1cncc(N)c1. The number of ether oxygens (including phenoxy) is 1. The predicted molar refractivity (Wildman–Crippen MR) is 63.7 cm³/mol. The lowest BCUT2D eigenvalue weighted by atomic mass is 10.2. The zero-order valence-electron chi connectivity index (χ0n) is 8.96. The minimum Gasteiger partial charge on any atom is -0.455 e. The van der Waals surface area contributed by atoms with Crippen molar-refractivity contribution in [1.29, 1.82) is 0 Å². The van der Waals surface area contributed by atoms with Crippen molar-refractivity contribution in [3.63, 3.8) is 0 Å². The Morgan fingerprint density at radius 3 is 2.71 bits per heavy atom. The van der Waals surface area contributed by atoms with Gasteiger partial charge >= 0.3 is 0 Å². The van der Waals surface area contributed by atoms with Crippen LogP contribution in [0.15, 0.2) is 42.7 Å². The molecular formula is C12H11N3O2. The molecule has 1 amide bonds. The van der Waals surface area contributed by atoms with E-state index < -0.39 is 5.91 Å². The summed E-state index contributed by atoms with van der Waals surface area (Å²) in [6, 6.07) is 8.33. The summed E-state index contributed by atoms with van der Waals surface area (Å²) in [7, 11) is 0. The van der Waals surface area contributed by atoms with E-state index in [4.69, 9.17) is 16.2 Å². The smallest absolute Gasteiger partial charge is 0.252 e. The topological polar surface area (TPSA) is 91.2 Å². The van der Waals surface area contributed by atoms with E-state index in [1.165, 1.54) is 12.4 Å². The summed E-state index contributed by atoms with van der Waals surface area (Å²) in [5.41, 5.74) is 11.6. The van der Waals surface area contributed by atoms with Crippen molar-refractivity contribution in [2.45, 2.75) is 0 Å². The van der Waals surface area contributed by atoms with Gasteiger partial charge in [0.25, 0.3) is 5.91 Å². The van der Waals surface area contributed by atoms with E-state index in [1.807, 2.05) is 0 Å². The number of nitrogens with zero attached hydrogens (tertiary/aromatic N) is 1. The van der Waals surface area contributed by atoms with Crippen LogP contribution in [0.2, 0.25) is 0 Å². The van der Waals surface area contributed by atoms with Crippen molar-refractivity contribution in [2.24, 2.45) is 5.73 Å². The molecule has 1 aromatic heterocycles. The molecular weight excluding hydrogens is 218 g/mol. The first kappa shape index (κ1) is 10.9. The largest absolute Gasteiger partial charge is 0.455 e. The normalized spacial score (nSPS) is 9.88. The molecule has 0 fully saturated rings. The van der Waals surface area contributed by atoms with Gasteiger partial charge in [-0.1, -0.05) is 12.1 Å². The van der Waals surface area contributed by atoms with Crippen LogP contribution in [0.25, 0.3) is 0 Å². The van der Waals surface area contributed by atoms with Gasteiger partial charge in [0.1, 0.15) is 11.5 Å². The Morgan fingerprint density at radius 2 is 2.00 bits per heavy atom. The van der Waals surface area contributed by atoms with Crippen LogP contribution in [0.4, 0.5) is 5.69 Å². The fraction of sp³-hybridized carbons (Fsp3) is 0. The van der Waals surface area contributed by atoms with E-state index in [9.17, 15) is 4.79 Å². The van der Waals surface area contributed by atoms with Crippen molar-refractivity contribution in [1.82, 2.24) is 4.98 Å². The van der Waals surface area contributed by atoms with Crippen LogP contribution in [0.1, 0.15) is 10.4 Å². The van der Waals surface area contributed by atoms with Gasteiger partial charge in [-0.2, -0.15) is 0 Å². The highest BCUT2D eigenvalue weighted by atomic mass is 16.5. The summed E-state index contributed by atoms with van der Waals surface area (Å²) in [5, 5.41) is 0. The highest BCUT2D eigenvalue weighted by molar-refractivity contribution is 5.95. The molecule has 0 aliphatic carbocycles. The number of carbonyl (C=O) groups is 1. The molecule has 0 unspecified atom stereocenters. The third-order valence-corrected chi connectivity index (χ3v) is 2.11. The van der Waals surface area contributed by atoms with E-state index in [1.54, 1.807) is 30.3 Å². The molecule has 0 spiro atoms. The Balaban J connectivity index is 2.33. The maximum atomic E-state index is 11.2. The van der Waals surface area contributed by atoms with Gasteiger partial charge in [-0.25, -0.2) is 0 Å². The van der Waals surface area contributed by atoms with Crippen LogP contribution < -0.4 is 16.2 Å². The molecule has 0 saturated carbocycles. The number of nitrogens with two attached hydrogens (primary N) is 2. The van der Waals surface area contributed by atoms with Crippen LogP contribution in [0.5, 0.6) is 11.5 Å². The quantitative estimate of drug-likeness (QED) is 0.835. The average molecular weight is 229 g/mol. The summed E-state index contributed by atoms with van der Waals surface area (Å²) >= 11 is 0. The number of para-hydroxylation sites is 1. The zero-order chi connectivity index (χ0) is 12.3. The van der Waals surface area contributed by atoms with Crippen molar-refractivity contribution >= 4 is 11.6 Å². The molecule has 0 saturated heterocycles. The van der Waals surface area contributed by atoms with Crippen LogP contribution in [-0.4, -0.2) is 10.9 Å². The maximum Gasteiger partial charge on any atom is 0.252 e. The highest BCUT2D eigenvalue weighted by Crippen LogP contribution is 2.25. The summed E-state index contributed by atoms with van der Waals surface area (Å²) in [6.07, 6.45) is 3.01. The lowest BCUT2D eigenvalue weighted by Gasteiger charge is -2.08. The molecule has 17 heavy (non-hydrogen) atoms. The van der Waals surface area contributed by atoms with E-state index in [2.05, 4.69) is 4.98 Å². The molecule has 5 heteroatoms. The average Bonchev–Trinajstić information content (AvgIpc) is 2.29. The van der Waals surface area contributed by atoms with Gasteiger partial charge in [-0.3, -0.25) is 9.78 Å². The number of rotatable bonds is 3. The number of hydrogen-bond donors (Lipinski definition) is 2. The highest BCUT2D eigenvalue weighted by Gasteiger charge is 2.09. The molecule has 0 atom stereocenters. The molecule has 0 radical (unpaired) electrons. The first-order chi connectivity index (χ1) is 8.16. The Morgan fingerprint density at radius 1 is 1.24 bits per heavy atom. The van der Waals surface area contributed by atoms with E-state index in [0.717, 1.165) is 0 Å². The van der Waals surface area contributed by atoms with Gasteiger partial charge in [0.15, 0.2) is 0 Å². The summed E-state index contributed by atoms with van der Waals surface area (Å²) < 4.78 is 5.51. The molecule has 0 aliphatic heterocycles. The molecule has 1 aromatic carbocycles. The van der Waals surface area contributed by atoms with Gasteiger partial charge in [0, 0.05) is 6.07 Å². The standard InChI is InChI=1S/C12H11N3O2/c13-8-5-9(7-15-6-8)17-11-4-2-1-3-10(11)12(14)16/h1-7H,13H2,(H2,14,16). The zero-order valence-corrected chi connectivity index (χ0v) is 8.96. The molecule has 0 aliphatic rings. The molecule has 86 valence electrons. The minimum absolute atomic E-state index is 0.315. The van der Waals surface area contributed by atoms with Crippen molar-refractivity contribution in [2.75, 3.05) is 5.73 Å². The molecule has 4 N–H and O–H groups in total. The number of anilines is 1. The lowest BCUT2D eigenvalue weighted by molar-refractivity contribution is 0.0998. The lowest BCUT2D eigenvalue weighted by Crippen LogP contribution is -2.12. The third kappa shape index (κ3) is 2.52. The summed E-state index contributed by atoms with van der Waals surface area (Å²) in [6.45, 7) is 0. The van der Waals surface area contributed by atoms with E-state index in [0.29, 0.717) is 22.7 Å². The second-order valence-electron chi connectivity index (χ2n) is 3.42. The third-order valence-electron chi connectivity index (χ3n) is 2.11. The van der Waals surface area contributed by atoms with Gasteiger partial charge in [-0.05, 0) is 12.1 Å². The number of hydrogen-bond acceptors (Lipinski definition) is 4. The number of pyridine rings is 1. The second kappa shape index (κ2) is 4.52. The maximum absolute atomic E-state index is 11.2. The number of nitrogen functional groups attached to an aromatic ring is 1. The van der Waals surface area contributed by atoms with Crippen molar-refractivity contribution < 1.29 is 9.53 Å². The Hall–Kier alpha value is -2.56. The van der Waals surface area contributed by atoms with Crippen LogP contribution in [0.3, 0.4) is 0 Å². The molecule has 0 bridgehead atoms. The summed E-state index contributed by atoms with van der Waals surface area (Å²) in [4.78, 5) is 15.1. The summed E-state index contributed by atoms with van der Waals surface area (Å²) in [5.74, 6) is 0.295. The van der Waals surface area contributed by atoms with Gasteiger partial charge in [-0.15, -0.1) is 0 Å². The molecule has 5 nitrogen and oxygen atoms in total. The van der Waals surface area contributed by atoms with Gasteiger partial charge < -0.3 is 16.2 Å². The number of benzene rings is 1. The number of primary amides is 1. The molecule has 1 heterocycles. The number of carbonyl (C=O) groups excluding carboxylic acids is 1. The fourth-order valence-electron chi connectivity index (χ4n) is 1.38. The Labute approximate surface area is 98.0 Å². The monoisotopic (exact) mass is 229 g/mol. The van der Waals surface area contributed by atoms with E-state index >= 15 is 0 Å². The number of aromatic nitrogens is 1. The van der Waals surface area contributed by atoms with Gasteiger partial charge in [0.2, 0.25) is 0 Å². The van der Waals surface area contributed by atoms with Crippen LogP contribution >= 0.6 is 0 Å². The molecule has 2 aromatic rings. The Kier molecular flexibility index (Phi) is 2.91. The minimum atomic E-state index is -0.544.